The van der Waals surface area contributed by atoms with Crippen molar-refractivity contribution in [3.63, 3.8) is 0 Å². The molecule has 2 aromatic carbocycles. The molecule has 6 heteroatoms. The molecule has 0 aliphatic heterocycles. The third-order valence-electron chi connectivity index (χ3n) is 4.26. The van der Waals surface area contributed by atoms with Crippen LogP contribution in [0.5, 0.6) is 11.5 Å². The van der Waals surface area contributed by atoms with Crippen molar-refractivity contribution in [1.82, 2.24) is 4.98 Å². The van der Waals surface area contributed by atoms with Crippen LogP contribution in [0.4, 0.5) is 5.69 Å². The number of nitrogens with one attached hydrogen (secondary N) is 2. The third kappa shape index (κ3) is 3.95. The van der Waals surface area contributed by atoms with Gasteiger partial charge in [-0.2, -0.15) is 0 Å². The normalized spacial score (nSPS) is 10.7. The maximum absolute atomic E-state index is 11.8. The summed E-state index contributed by atoms with van der Waals surface area (Å²) in [5.41, 5.74) is 4.43. The first-order valence-corrected chi connectivity index (χ1v) is 8.74. The minimum atomic E-state index is -0.900. The Hall–Kier alpha value is -3.28. The molecule has 27 heavy (non-hydrogen) atoms. The lowest BCUT2D eigenvalue weighted by molar-refractivity contribution is -0.152. The summed E-state index contributed by atoms with van der Waals surface area (Å²) >= 11 is 0. The molecule has 0 saturated carbocycles. The summed E-state index contributed by atoms with van der Waals surface area (Å²) in [6.45, 7) is 7.63. The van der Waals surface area contributed by atoms with Gasteiger partial charge in [-0.15, -0.1) is 0 Å². The number of aromatic amines is 1. The molecule has 1 amide bonds. The Morgan fingerprint density at radius 1 is 1.04 bits per heavy atom. The number of fused-ring (bicyclic) bond motifs is 1. The minimum Gasteiger partial charge on any atom is -0.459 e. The molecule has 0 atom stereocenters. The first-order chi connectivity index (χ1) is 12.9. The van der Waals surface area contributed by atoms with Gasteiger partial charge in [0.2, 0.25) is 0 Å². The van der Waals surface area contributed by atoms with Crippen LogP contribution in [-0.4, -0.2) is 23.5 Å². The van der Waals surface area contributed by atoms with Crippen molar-refractivity contribution in [2.45, 2.75) is 27.7 Å². The lowest BCUT2D eigenvalue weighted by Gasteiger charge is -2.14. The molecule has 0 fully saturated rings. The van der Waals surface area contributed by atoms with E-state index in [9.17, 15) is 9.59 Å². The molecular formula is C21H22N2O4. The maximum Gasteiger partial charge on any atom is 0.397 e. The molecule has 0 saturated heterocycles. The van der Waals surface area contributed by atoms with Crippen LogP contribution in [0, 0.1) is 20.8 Å². The second-order valence-corrected chi connectivity index (χ2v) is 6.39. The predicted octanol–water partition coefficient (Wildman–Crippen LogP) is 4.39. The van der Waals surface area contributed by atoms with Crippen molar-refractivity contribution in [2.24, 2.45) is 0 Å². The first kappa shape index (κ1) is 18.5. The summed E-state index contributed by atoms with van der Waals surface area (Å²) in [4.78, 5) is 26.5. The van der Waals surface area contributed by atoms with Crippen LogP contribution in [-0.2, 0) is 14.3 Å². The molecular weight excluding hydrogens is 344 g/mol. The molecule has 0 radical (unpaired) electrons. The first-order valence-electron chi connectivity index (χ1n) is 8.74. The lowest BCUT2D eigenvalue weighted by Crippen LogP contribution is -2.25. The molecule has 0 unspecified atom stereocenters. The minimum absolute atomic E-state index is 0.155. The molecule has 1 heterocycles. The second kappa shape index (κ2) is 7.53. The number of benzene rings is 2. The number of carbonyl (C=O) groups excluding carboxylic acids is 2. The summed E-state index contributed by atoms with van der Waals surface area (Å²) in [5.74, 6) is -0.239. The van der Waals surface area contributed by atoms with Crippen molar-refractivity contribution < 1.29 is 19.1 Å². The van der Waals surface area contributed by atoms with Crippen LogP contribution in [0.3, 0.4) is 0 Å². The van der Waals surface area contributed by atoms with Crippen LogP contribution in [0.1, 0.15) is 23.6 Å². The van der Waals surface area contributed by atoms with Crippen molar-refractivity contribution in [3.05, 3.63) is 53.2 Å². The highest BCUT2D eigenvalue weighted by molar-refractivity contribution is 6.37. The fourth-order valence-electron chi connectivity index (χ4n) is 2.98. The van der Waals surface area contributed by atoms with Gasteiger partial charge in [0, 0.05) is 22.8 Å². The van der Waals surface area contributed by atoms with Crippen molar-refractivity contribution in [1.29, 1.82) is 0 Å². The number of anilines is 1. The van der Waals surface area contributed by atoms with Crippen LogP contribution >= 0.6 is 0 Å². The number of carbonyl (C=O) groups is 2. The Kier molecular flexibility index (Phi) is 5.16. The number of aromatic nitrogens is 1. The Labute approximate surface area is 157 Å². The molecule has 0 spiro atoms. The monoisotopic (exact) mass is 366 g/mol. The molecule has 2 N–H and O–H groups in total. The van der Waals surface area contributed by atoms with Crippen molar-refractivity contribution in [2.75, 3.05) is 11.9 Å². The molecule has 140 valence electrons. The Balaban J connectivity index is 1.82. The quantitative estimate of drug-likeness (QED) is 0.530. The van der Waals surface area contributed by atoms with Gasteiger partial charge in [0.05, 0.1) is 6.61 Å². The number of hydrogen-bond acceptors (Lipinski definition) is 4. The van der Waals surface area contributed by atoms with Crippen LogP contribution < -0.4 is 10.1 Å². The summed E-state index contributed by atoms with van der Waals surface area (Å²) < 4.78 is 10.8. The zero-order chi connectivity index (χ0) is 19.6. The number of hydrogen-bond donors (Lipinski definition) is 2. The van der Waals surface area contributed by atoms with E-state index in [1.54, 1.807) is 19.1 Å². The number of esters is 1. The summed E-state index contributed by atoms with van der Waals surface area (Å²) in [7, 11) is 0. The van der Waals surface area contributed by atoms with Crippen LogP contribution in [0.15, 0.2) is 36.5 Å². The van der Waals surface area contributed by atoms with E-state index in [0.29, 0.717) is 5.69 Å². The Morgan fingerprint density at radius 3 is 2.41 bits per heavy atom. The molecule has 0 aliphatic carbocycles. The van der Waals surface area contributed by atoms with Crippen LogP contribution in [0.25, 0.3) is 10.9 Å². The standard InChI is InChI=1S/C21H22N2O4/c1-5-26-21(25)20(24)23-15-8-12(2)19(13(3)9-15)27-16-6-7-18-17(10-16)14(4)11-22-18/h6-11,22H,5H2,1-4H3,(H,23,24). The SMILES string of the molecule is CCOC(=O)C(=O)Nc1cc(C)c(Oc2ccc3[nH]cc(C)c3c2)c(C)c1. The van der Waals surface area contributed by atoms with Crippen LogP contribution in [0.2, 0.25) is 0 Å². The van der Waals surface area contributed by atoms with Gasteiger partial charge in [-0.05, 0) is 74.7 Å². The average Bonchev–Trinajstić information content (AvgIpc) is 2.99. The van der Waals surface area contributed by atoms with Gasteiger partial charge in [-0.3, -0.25) is 4.79 Å². The Morgan fingerprint density at radius 2 is 1.74 bits per heavy atom. The summed E-state index contributed by atoms with van der Waals surface area (Å²) in [6, 6.07) is 9.42. The maximum atomic E-state index is 11.8. The van der Waals surface area contributed by atoms with Crippen molar-refractivity contribution >= 4 is 28.5 Å². The van der Waals surface area contributed by atoms with Gasteiger partial charge in [0.1, 0.15) is 11.5 Å². The molecule has 3 aromatic rings. The number of amides is 1. The highest BCUT2D eigenvalue weighted by atomic mass is 16.5. The fraction of sp³-hybridized carbons (Fsp3) is 0.238. The number of rotatable bonds is 4. The van der Waals surface area contributed by atoms with E-state index in [4.69, 9.17) is 9.47 Å². The van der Waals surface area contributed by atoms with Gasteiger partial charge in [0.15, 0.2) is 0 Å². The average molecular weight is 366 g/mol. The molecule has 0 bridgehead atoms. The largest absolute Gasteiger partial charge is 0.459 e. The summed E-state index contributed by atoms with van der Waals surface area (Å²) in [6.07, 6.45) is 1.96. The van der Waals surface area contributed by atoms with E-state index < -0.39 is 11.9 Å². The van der Waals surface area contributed by atoms with Gasteiger partial charge >= 0.3 is 11.9 Å². The highest BCUT2D eigenvalue weighted by Gasteiger charge is 2.16. The number of aryl methyl sites for hydroxylation is 3. The van der Waals surface area contributed by atoms with E-state index in [0.717, 1.165) is 39.1 Å². The number of H-pyrrole nitrogens is 1. The molecule has 6 nitrogen and oxygen atoms in total. The number of ether oxygens (including phenoxy) is 2. The van der Waals surface area contributed by atoms with E-state index in [-0.39, 0.29) is 6.61 Å². The van der Waals surface area contributed by atoms with Gasteiger partial charge < -0.3 is 19.8 Å². The second-order valence-electron chi connectivity index (χ2n) is 6.39. The fourth-order valence-corrected chi connectivity index (χ4v) is 2.98. The van der Waals surface area contributed by atoms with E-state index in [1.165, 1.54) is 0 Å². The topological polar surface area (TPSA) is 80.4 Å². The third-order valence-corrected chi connectivity index (χ3v) is 4.26. The van der Waals surface area contributed by atoms with E-state index in [1.807, 2.05) is 45.2 Å². The molecule has 0 aliphatic rings. The summed E-state index contributed by atoms with van der Waals surface area (Å²) in [5, 5.41) is 3.67. The zero-order valence-electron chi connectivity index (χ0n) is 15.8. The lowest BCUT2D eigenvalue weighted by atomic mass is 10.1. The molecule has 3 rings (SSSR count). The highest BCUT2D eigenvalue weighted by Crippen LogP contribution is 2.33. The predicted molar refractivity (Wildman–Crippen MR) is 104 cm³/mol. The molecule has 1 aromatic heterocycles. The smallest absolute Gasteiger partial charge is 0.397 e. The Bertz CT molecular complexity index is 997. The van der Waals surface area contributed by atoms with Gasteiger partial charge in [-0.1, -0.05) is 0 Å². The van der Waals surface area contributed by atoms with E-state index in [2.05, 4.69) is 10.3 Å². The van der Waals surface area contributed by atoms with Gasteiger partial charge in [0.25, 0.3) is 0 Å². The zero-order valence-corrected chi connectivity index (χ0v) is 15.8. The van der Waals surface area contributed by atoms with Crippen molar-refractivity contribution in [3.8, 4) is 11.5 Å². The van der Waals surface area contributed by atoms with Gasteiger partial charge in [-0.25, -0.2) is 4.79 Å². The van der Waals surface area contributed by atoms with E-state index >= 15 is 0 Å².